The van der Waals surface area contributed by atoms with E-state index < -0.39 is 0 Å². The van der Waals surface area contributed by atoms with Crippen LogP contribution in [0.3, 0.4) is 0 Å². The molecule has 13 heavy (non-hydrogen) atoms. The molecule has 0 aliphatic heterocycles. The zero-order chi connectivity index (χ0) is 9.68. The molecule has 0 saturated carbocycles. The number of hydrogen-bond acceptors (Lipinski definition) is 2. The van der Waals surface area contributed by atoms with Crippen LogP contribution in [0.25, 0.3) is 0 Å². The Morgan fingerprint density at radius 3 is 2.46 bits per heavy atom. The first-order chi connectivity index (χ1) is 6.22. The molecule has 2 heteroatoms. The largest absolute Gasteiger partial charge is 0.411 e. The van der Waals surface area contributed by atoms with Crippen LogP contribution in [0, 0.1) is 6.92 Å². The van der Waals surface area contributed by atoms with Gasteiger partial charge in [-0.2, -0.15) is 0 Å². The van der Waals surface area contributed by atoms with E-state index in [1.54, 1.807) is 0 Å². The minimum absolute atomic E-state index is 0.778. The summed E-state index contributed by atoms with van der Waals surface area (Å²) in [6.07, 6.45) is 1.76. The second kappa shape index (κ2) is 4.65. The molecule has 2 nitrogen and oxygen atoms in total. The molecule has 0 bridgehead atoms. The van der Waals surface area contributed by atoms with Gasteiger partial charge in [0.15, 0.2) is 0 Å². The van der Waals surface area contributed by atoms with E-state index in [0.29, 0.717) is 0 Å². The Balaban J connectivity index is 2.51. The lowest BCUT2D eigenvalue weighted by atomic mass is 10.1. The molecule has 1 rings (SSSR count). The molecular formula is C11H15NO. The van der Waals surface area contributed by atoms with Gasteiger partial charge < -0.3 is 5.21 Å². The second-order valence-corrected chi connectivity index (χ2v) is 3.32. The summed E-state index contributed by atoms with van der Waals surface area (Å²) in [5.41, 5.74) is 3.34. The molecule has 0 unspecified atom stereocenters. The first kappa shape index (κ1) is 9.78. The topological polar surface area (TPSA) is 32.6 Å². The Morgan fingerprint density at radius 2 is 1.92 bits per heavy atom. The van der Waals surface area contributed by atoms with Gasteiger partial charge in [-0.1, -0.05) is 35.0 Å². The van der Waals surface area contributed by atoms with Crippen molar-refractivity contribution in [2.75, 3.05) is 0 Å². The van der Waals surface area contributed by atoms with Gasteiger partial charge in [-0.25, -0.2) is 0 Å². The van der Waals surface area contributed by atoms with Crippen LogP contribution in [0.15, 0.2) is 29.4 Å². The van der Waals surface area contributed by atoms with E-state index in [1.165, 1.54) is 11.1 Å². The number of rotatable bonds is 3. The Kier molecular flexibility index (Phi) is 3.50. The number of oxime groups is 1. The van der Waals surface area contributed by atoms with E-state index in [2.05, 4.69) is 36.3 Å². The molecule has 1 aromatic carbocycles. The highest BCUT2D eigenvalue weighted by Crippen LogP contribution is 2.06. The molecule has 1 N–H and O–H groups in total. The van der Waals surface area contributed by atoms with Crippen LogP contribution in [-0.4, -0.2) is 10.9 Å². The summed E-state index contributed by atoms with van der Waals surface area (Å²) in [7, 11) is 0. The van der Waals surface area contributed by atoms with Crippen molar-refractivity contribution < 1.29 is 5.21 Å². The Hall–Kier alpha value is -1.31. The third-order valence-electron chi connectivity index (χ3n) is 2.07. The lowest BCUT2D eigenvalue weighted by Gasteiger charge is -2.00. The maximum absolute atomic E-state index is 8.44. The van der Waals surface area contributed by atoms with Crippen LogP contribution < -0.4 is 0 Å². The molecule has 0 spiro atoms. The average molecular weight is 177 g/mol. The lowest BCUT2D eigenvalue weighted by molar-refractivity contribution is 0.317. The third-order valence-corrected chi connectivity index (χ3v) is 2.07. The van der Waals surface area contributed by atoms with Crippen molar-refractivity contribution in [3.8, 4) is 0 Å². The van der Waals surface area contributed by atoms with Gasteiger partial charge in [-0.15, -0.1) is 0 Å². The molecule has 0 saturated heterocycles. The normalized spacial score (nSPS) is 11.7. The van der Waals surface area contributed by atoms with Crippen molar-refractivity contribution in [1.82, 2.24) is 0 Å². The number of benzene rings is 1. The van der Waals surface area contributed by atoms with Gasteiger partial charge in [0.2, 0.25) is 0 Å². The summed E-state index contributed by atoms with van der Waals surface area (Å²) in [6.45, 7) is 3.90. The van der Waals surface area contributed by atoms with Crippen LogP contribution in [0.5, 0.6) is 0 Å². The molecule has 0 aliphatic carbocycles. The van der Waals surface area contributed by atoms with E-state index in [1.807, 2.05) is 6.92 Å². The molecule has 0 atom stereocenters. The highest BCUT2D eigenvalue weighted by Gasteiger charge is 1.95. The van der Waals surface area contributed by atoms with Gasteiger partial charge in [0.05, 0.1) is 5.71 Å². The second-order valence-electron chi connectivity index (χ2n) is 3.32. The highest BCUT2D eigenvalue weighted by atomic mass is 16.4. The molecule has 0 heterocycles. The van der Waals surface area contributed by atoms with Crippen LogP contribution in [-0.2, 0) is 6.42 Å². The Bertz CT molecular complexity index is 287. The molecule has 0 amide bonds. The average Bonchev–Trinajstić information content (AvgIpc) is 2.16. The van der Waals surface area contributed by atoms with Crippen LogP contribution in [0.2, 0.25) is 0 Å². The lowest BCUT2D eigenvalue weighted by Crippen LogP contribution is -1.94. The van der Waals surface area contributed by atoms with Gasteiger partial charge in [0.1, 0.15) is 0 Å². The summed E-state index contributed by atoms with van der Waals surface area (Å²) in [4.78, 5) is 0. The fraction of sp³-hybridized carbons (Fsp3) is 0.364. The molecule has 70 valence electrons. The van der Waals surface area contributed by atoms with Crippen molar-refractivity contribution >= 4 is 5.71 Å². The molecule has 0 aromatic heterocycles. The molecule has 0 radical (unpaired) electrons. The third kappa shape index (κ3) is 3.28. The van der Waals surface area contributed by atoms with Gasteiger partial charge in [-0.05, 0) is 32.3 Å². The van der Waals surface area contributed by atoms with E-state index in [4.69, 9.17) is 5.21 Å². The minimum atomic E-state index is 0.778. The number of hydrogen-bond donors (Lipinski definition) is 1. The van der Waals surface area contributed by atoms with Crippen molar-refractivity contribution in [2.24, 2.45) is 5.16 Å². The van der Waals surface area contributed by atoms with Crippen molar-refractivity contribution in [2.45, 2.75) is 26.7 Å². The molecular weight excluding hydrogens is 162 g/mol. The van der Waals surface area contributed by atoms with E-state index in [9.17, 15) is 0 Å². The monoisotopic (exact) mass is 177 g/mol. The van der Waals surface area contributed by atoms with Crippen molar-refractivity contribution in [3.05, 3.63) is 35.4 Å². The van der Waals surface area contributed by atoms with Crippen molar-refractivity contribution in [3.63, 3.8) is 0 Å². The Labute approximate surface area is 78.9 Å². The van der Waals surface area contributed by atoms with Gasteiger partial charge >= 0.3 is 0 Å². The summed E-state index contributed by atoms with van der Waals surface area (Å²) in [5.74, 6) is 0. The van der Waals surface area contributed by atoms with Gasteiger partial charge in [0, 0.05) is 0 Å². The number of aryl methyl sites for hydroxylation is 2. The summed E-state index contributed by atoms with van der Waals surface area (Å²) >= 11 is 0. The standard InChI is InChI=1S/C11H15NO/c1-9-3-6-11(7-4-9)8-5-10(2)12-13/h3-4,6-7,13H,5,8H2,1-2H3. The highest BCUT2D eigenvalue weighted by molar-refractivity contribution is 5.81. The van der Waals surface area contributed by atoms with Crippen molar-refractivity contribution in [1.29, 1.82) is 0 Å². The maximum Gasteiger partial charge on any atom is 0.0543 e. The van der Waals surface area contributed by atoms with E-state index in [0.717, 1.165) is 18.6 Å². The van der Waals surface area contributed by atoms with Crippen LogP contribution in [0.1, 0.15) is 24.5 Å². The summed E-state index contributed by atoms with van der Waals surface area (Å²) in [5, 5.41) is 11.6. The Morgan fingerprint density at radius 1 is 1.31 bits per heavy atom. The van der Waals surface area contributed by atoms with Crippen LogP contribution in [0.4, 0.5) is 0 Å². The first-order valence-electron chi connectivity index (χ1n) is 4.45. The quantitative estimate of drug-likeness (QED) is 0.430. The fourth-order valence-electron chi connectivity index (χ4n) is 1.13. The predicted molar refractivity (Wildman–Crippen MR) is 54.4 cm³/mol. The molecule has 0 fully saturated rings. The first-order valence-corrected chi connectivity index (χ1v) is 4.45. The zero-order valence-corrected chi connectivity index (χ0v) is 8.12. The predicted octanol–water partition coefficient (Wildman–Crippen LogP) is 2.78. The maximum atomic E-state index is 8.44. The smallest absolute Gasteiger partial charge is 0.0543 e. The number of nitrogens with zero attached hydrogens (tertiary/aromatic N) is 1. The summed E-state index contributed by atoms with van der Waals surface area (Å²) < 4.78 is 0. The molecule has 1 aromatic rings. The van der Waals surface area contributed by atoms with E-state index in [-0.39, 0.29) is 0 Å². The van der Waals surface area contributed by atoms with Gasteiger partial charge in [-0.3, -0.25) is 0 Å². The SMILES string of the molecule is CC(CCc1ccc(C)cc1)=NO. The van der Waals surface area contributed by atoms with E-state index >= 15 is 0 Å². The minimum Gasteiger partial charge on any atom is -0.411 e. The van der Waals surface area contributed by atoms with Gasteiger partial charge in [0.25, 0.3) is 0 Å². The molecule has 0 aliphatic rings. The zero-order valence-electron chi connectivity index (χ0n) is 8.12. The van der Waals surface area contributed by atoms with Crippen LogP contribution >= 0.6 is 0 Å². The summed E-state index contributed by atoms with van der Waals surface area (Å²) in [6, 6.07) is 8.42. The fourth-order valence-corrected chi connectivity index (χ4v) is 1.13.